The number of carboxylic acids is 1. The van der Waals surface area contributed by atoms with E-state index in [1.165, 1.54) is 0 Å². The highest BCUT2D eigenvalue weighted by Gasteiger charge is 2.28. The molecule has 3 N–H and O–H groups in total. The van der Waals surface area contributed by atoms with Crippen LogP contribution in [0.15, 0.2) is 0 Å². The van der Waals surface area contributed by atoms with Crippen LogP contribution in [0.25, 0.3) is 0 Å². The predicted octanol–water partition coefficient (Wildman–Crippen LogP) is 1.20. The van der Waals surface area contributed by atoms with Crippen LogP contribution in [0, 0.1) is 5.92 Å². The zero-order chi connectivity index (χ0) is 19.2. The lowest BCUT2D eigenvalue weighted by Crippen LogP contribution is -2.53. The largest absolute Gasteiger partial charge is 0.480 e. The van der Waals surface area contributed by atoms with Crippen LogP contribution in [0.4, 0.5) is 4.79 Å². The van der Waals surface area contributed by atoms with Crippen LogP contribution >= 0.6 is 0 Å². The summed E-state index contributed by atoms with van der Waals surface area (Å²) < 4.78 is 5.25. The molecule has 1 fully saturated rings. The van der Waals surface area contributed by atoms with Crippen molar-refractivity contribution < 1.29 is 24.2 Å². The molecule has 0 bridgehead atoms. The standard InChI is InChI=1S/C17H31N3O5/c1-11(2)14(15(22)23)19-16(24)20-8-6-12(7-9-20)18-10-13(21)25-17(3,4)5/h11-12,14,18H,6-10H2,1-5H3,(H,19,24)(H,22,23)/t14-/m0/s1. The third-order valence-corrected chi connectivity index (χ3v) is 3.95. The average Bonchev–Trinajstić information content (AvgIpc) is 2.48. The van der Waals surface area contributed by atoms with E-state index in [9.17, 15) is 14.4 Å². The Balaban J connectivity index is 2.37. The van der Waals surface area contributed by atoms with E-state index in [0.29, 0.717) is 25.9 Å². The molecule has 0 aromatic rings. The van der Waals surface area contributed by atoms with Gasteiger partial charge in [-0.15, -0.1) is 0 Å². The number of amides is 2. The summed E-state index contributed by atoms with van der Waals surface area (Å²) in [5, 5.41) is 14.9. The Hall–Kier alpha value is -1.83. The van der Waals surface area contributed by atoms with Crippen molar-refractivity contribution in [2.75, 3.05) is 19.6 Å². The second-order valence-corrected chi connectivity index (χ2v) is 7.74. The second kappa shape index (κ2) is 9.03. The summed E-state index contributed by atoms with van der Waals surface area (Å²) in [4.78, 5) is 36.7. The van der Waals surface area contributed by atoms with Crippen LogP contribution in [0.5, 0.6) is 0 Å². The zero-order valence-electron chi connectivity index (χ0n) is 15.8. The fourth-order valence-electron chi connectivity index (χ4n) is 2.63. The molecular weight excluding hydrogens is 326 g/mol. The number of carbonyl (C=O) groups excluding carboxylic acids is 2. The Bertz CT molecular complexity index is 479. The molecule has 144 valence electrons. The van der Waals surface area contributed by atoms with Gasteiger partial charge in [0.2, 0.25) is 0 Å². The first-order valence-electron chi connectivity index (χ1n) is 8.73. The van der Waals surface area contributed by atoms with E-state index in [4.69, 9.17) is 9.84 Å². The Morgan fingerprint density at radius 1 is 1.20 bits per heavy atom. The minimum Gasteiger partial charge on any atom is -0.480 e. The van der Waals surface area contributed by atoms with Gasteiger partial charge in [0.05, 0.1) is 6.54 Å². The SMILES string of the molecule is CC(C)[C@H](NC(=O)N1CCC(NCC(=O)OC(C)(C)C)CC1)C(=O)O. The summed E-state index contributed by atoms with van der Waals surface area (Å²) in [6.07, 6.45) is 1.41. The minimum absolute atomic E-state index is 0.136. The molecular formula is C17H31N3O5. The Morgan fingerprint density at radius 2 is 1.76 bits per heavy atom. The summed E-state index contributed by atoms with van der Waals surface area (Å²) in [5.41, 5.74) is -0.503. The fourth-order valence-corrected chi connectivity index (χ4v) is 2.63. The average molecular weight is 357 g/mol. The van der Waals surface area contributed by atoms with Crippen molar-refractivity contribution >= 4 is 18.0 Å². The molecule has 8 heteroatoms. The first-order valence-corrected chi connectivity index (χ1v) is 8.73. The van der Waals surface area contributed by atoms with E-state index < -0.39 is 17.6 Å². The minimum atomic E-state index is -1.03. The molecule has 2 amide bonds. The van der Waals surface area contributed by atoms with Gasteiger partial charge in [-0.1, -0.05) is 13.8 Å². The summed E-state index contributed by atoms with van der Waals surface area (Å²) in [6.45, 7) is 10.2. The van der Waals surface area contributed by atoms with Crippen molar-refractivity contribution in [3.63, 3.8) is 0 Å². The smallest absolute Gasteiger partial charge is 0.326 e. The van der Waals surface area contributed by atoms with Gasteiger partial charge in [-0.2, -0.15) is 0 Å². The first kappa shape index (κ1) is 21.2. The van der Waals surface area contributed by atoms with E-state index in [0.717, 1.165) is 0 Å². The van der Waals surface area contributed by atoms with Crippen molar-refractivity contribution in [2.45, 2.75) is 65.1 Å². The van der Waals surface area contributed by atoms with Crippen molar-refractivity contribution in [1.82, 2.24) is 15.5 Å². The zero-order valence-corrected chi connectivity index (χ0v) is 15.8. The molecule has 1 heterocycles. The number of likely N-dealkylation sites (tertiary alicyclic amines) is 1. The van der Waals surface area contributed by atoms with Gasteiger partial charge in [0.25, 0.3) is 0 Å². The molecule has 0 spiro atoms. The molecule has 25 heavy (non-hydrogen) atoms. The molecule has 1 aliphatic heterocycles. The maximum atomic E-state index is 12.2. The molecule has 0 saturated carbocycles. The Kier molecular flexibility index (Phi) is 7.66. The maximum Gasteiger partial charge on any atom is 0.326 e. The summed E-state index contributed by atoms with van der Waals surface area (Å²) in [5.74, 6) is -1.51. The molecule has 8 nitrogen and oxygen atoms in total. The monoisotopic (exact) mass is 357 g/mol. The highest BCUT2D eigenvalue weighted by Crippen LogP contribution is 2.12. The predicted molar refractivity (Wildman–Crippen MR) is 93.2 cm³/mol. The topological polar surface area (TPSA) is 108 Å². The van der Waals surface area contributed by atoms with Crippen molar-refractivity contribution in [3.8, 4) is 0 Å². The molecule has 0 aromatic heterocycles. The lowest BCUT2D eigenvalue weighted by molar-refractivity contribution is -0.153. The number of carbonyl (C=O) groups is 3. The molecule has 0 aliphatic carbocycles. The number of nitrogens with one attached hydrogen (secondary N) is 2. The Labute approximate surface area is 149 Å². The number of hydrogen-bond donors (Lipinski definition) is 3. The van der Waals surface area contributed by atoms with Gasteiger partial charge in [-0.05, 0) is 39.5 Å². The number of carboxylic acid groups (broad SMARTS) is 1. The van der Waals surface area contributed by atoms with Crippen LogP contribution in [0.2, 0.25) is 0 Å². The van der Waals surface area contributed by atoms with E-state index in [-0.39, 0.29) is 30.5 Å². The number of esters is 1. The summed E-state index contributed by atoms with van der Waals surface area (Å²) in [6, 6.07) is -1.11. The van der Waals surface area contributed by atoms with Crippen LogP contribution in [0.1, 0.15) is 47.5 Å². The molecule has 0 radical (unpaired) electrons. The van der Waals surface area contributed by atoms with Crippen LogP contribution in [-0.4, -0.2) is 65.3 Å². The van der Waals surface area contributed by atoms with E-state index in [1.807, 2.05) is 20.8 Å². The van der Waals surface area contributed by atoms with Crippen LogP contribution in [-0.2, 0) is 14.3 Å². The van der Waals surface area contributed by atoms with Gasteiger partial charge < -0.3 is 25.4 Å². The molecule has 1 rings (SSSR count). The van der Waals surface area contributed by atoms with Crippen LogP contribution < -0.4 is 10.6 Å². The number of rotatable bonds is 6. The van der Waals surface area contributed by atoms with E-state index >= 15 is 0 Å². The number of aliphatic carboxylic acids is 1. The molecule has 1 saturated heterocycles. The fraction of sp³-hybridized carbons (Fsp3) is 0.824. The van der Waals surface area contributed by atoms with Gasteiger partial charge in [-0.25, -0.2) is 9.59 Å². The highest BCUT2D eigenvalue weighted by atomic mass is 16.6. The molecule has 1 atom stereocenters. The van der Waals surface area contributed by atoms with Crippen LogP contribution in [0.3, 0.4) is 0 Å². The third-order valence-electron chi connectivity index (χ3n) is 3.95. The third kappa shape index (κ3) is 7.72. The number of urea groups is 1. The van der Waals surface area contributed by atoms with Crippen molar-refractivity contribution in [3.05, 3.63) is 0 Å². The van der Waals surface area contributed by atoms with Gasteiger partial charge in [-0.3, -0.25) is 4.79 Å². The molecule has 0 unspecified atom stereocenters. The van der Waals surface area contributed by atoms with Gasteiger partial charge >= 0.3 is 18.0 Å². The lowest BCUT2D eigenvalue weighted by Gasteiger charge is -2.33. The number of piperidine rings is 1. The number of hydrogen-bond acceptors (Lipinski definition) is 5. The second-order valence-electron chi connectivity index (χ2n) is 7.74. The molecule has 1 aliphatic rings. The van der Waals surface area contributed by atoms with Gasteiger partial charge in [0.1, 0.15) is 11.6 Å². The lowest BCUT2D eigenvalue weighted by atomic mass is 10.0. The maximum absolute atomic E-state index is 12.2. The van der Waals surface area contributed by atoms with E-state index in [1.54, 1.807) is 18.7 Å². The highest BCUT2D eigenvalue weighted by molar-refractivity contribution is 5.82. The van der Waals surface area contributed by atoms with E-state index in [2.05, 4.69) is 10.6 Å². The van der Waals surface area contributed by atoms with Crippen molar-refractivity contribution in [1.29, 1.82) is 0 Å². The summed E-state index contributed by atoms with van der Waals surface area (Å²) >= 11 is 0. The van der Waals surface area contributed by atoms with Crippen molar-refractivity contribution in [2.24, 2.45) is 5.92 Å². The number of nitrogens with zero attached hydrogens (tertiary/aromatic N) is 1. The van der Waals surface area contributed by atoms with Gasteiger partial charge in [0, 0.05) is 19.1 Å². The first-order chi connectivity index (χ1) is 11.5. The Morgan fingerprint density at radius 3 is 2.20 bits per heavy atom. The number of ether oxygens (including phenoxy) is 1. The normalized spacial score (nSPS) is 17.3. The molecule has 0 aromatic carbocycles. The quantitative estimate of drug-likeness (QED) is 0.617. The summed E-state index contributed by atoms with van der Waals surface area (Å²) in [7, 11) is 0. The van der Waals surface area contributed by atoms with Gasteiger partial charge in [0.15, 0.2) is 0 Å².